The maximum atomic E-state index is 13.5. The lowest BCUT2D eigenvalue weighted by molar-refractivity contribution is -0.117. The number of carbonyl (C=O) groups excluding carboxylic acids is 1. The first kappa shape index (κ1) is 16.4. The molecule has 0 radical (unpaired) electrons. The molecule has 0 aliphatic heterocycles. The van der Waals surface area contributed by atoms with Crippen molar-refractivity contribution in [3.63, 3.8) is 0 Å². The van der Waals surface area contributed by atoms with Crippen molar-refractivity contribution in [3.05, 3.63) is 35.7 Å². The summed E-state index contributed by atoms with van der Waals surface area (Å²) in [6.45, 7) is 6.23. The van der Waals surface area contributed by atoms with Crippen molar-refractivity contribution in [2.24, 2.45) is 5.92 Å². The first-order valence-corrected chi connectivity index (χ1v) is 6.76. The van der Waals surface area contributed by atoms with E-state index in [9.17, 15) is 9.18 Å². The standard InChI is InChI=1S/C16H22FNO2/c1-11(2)16(19)6-5-13-7-14(17)9-15(8-13)20-12(3)10-18-4/h5-9,11-12,18H,10H2,1-4H3/b6-5+/t12-/m1/s1. The van der Waals surface area contributed by atoms with Crippen LogP contribution in [0.3, 0.4) is 0 Å². The highest BCUT2D eigenvalue weighted by atomic mass is 19.1. The van der Waals surface area contributed by atoms with Gasteiger partial charge in [-0.1, -0.05) is 19.9 Å². The second-order valence-corrected chi connectivity index (χ2v) is 5.10. The van der Waals surface area contributed by atoms with E-state index in [4.69, 9.17) is 4.74 Å². The fraction of sp³-hybridized carbons (Fsp3) is 0.438. The molecule has 0 spiro atoms. The minimum Gasteiger partial charge on any atom is -0.489 e. The zero-order chi connectivity index (χ0) is 15.1. The third-order valence-electron chi connectivity index (χ3n) is 2.73. The van der Waals surface area contributed by atoms with E-state index < -0.39 is 0 Å². The van der Waals surface area contributed by atoms with Crippen LogP contribution in [0.5, 0.6) is 5.75 Å². The van der Waals surface area contributed by atoms with Gasteiger partial charge in [0.25, 0.3) is 0 Å². The summed E-state index contributed by atoms with van der Waals surface area (Å²) in [7, 11) is 1.83. The Kier molecular flexibility index (Phi) is 6.39. The molecule has 3 nitrogen and oxygen atoms in total. The molecule has 20 heavy (non-hydrogen) atoms. The van der Waals surface area contributed by atoms with Crippen molar-refractivity contribution >= 4 is 11.9 Å². The molecule has 0 saturated heterocycles. The van der Waals surface area contributed by atoms with Gasteiger partial charge < -0.3 is 10.1 Å². The SMILES string of the molecule is CNC[C@@H](C)Oc1cc(F)cc(/C=C/C(=O)C(C)C)c1. The third kappa shape index (κ3) is 5.53. The van der Waals surface area contributed by atoms with E-state index in [1.165, 1.54) is 18.2 Å². The fourth-order valence-corrected chi connectivity index (χ4v) is 1.68. The van der Waals surface area contributed by atoms with Crippen molar-refractivity contribution in [2.45, 2.75) is 26.9 Å². The number of benzene rings is 1. The third-order valence-corrected chi connectivity index (χ3v) is 2.73. The Morgan fingerprint density at radius 2 is 2.05 bits per heavy atom. The summed E-state index contributed by atoms with van der Waals surface area (Å²) in [5, 5.41) is 2.99. The van der Waals surface area contributed by atoms with Gasteiger partial charge in [0.2, 0.25) is 0 Å². The van der Waals surface area contributed by atoms with Gasteiger partial charge in [-0.15, -0.1) is 0 Å². The summed E-state index contributed by atoms with van der Waals surface area (Å²) >= 11 is 0. The molecule has 1 atom stereocenters. The molecule has 110 valence electrons. The molecule has 0 saturated carbocycles. The first-order valence-electron chi connectivity index (χ1n) is 6.76. The van der Waals surface area contributed by atoms with Crippen molar-refractivity contribution < 1.29 is 13.9 Å². The fourth-order valence-electron chi connectivity index (χ4n) is 1.68. The number of carbonyl (C=O) groups is 1. The van der Waals surface area contributed by atoms with E-state index >= 15 is 0 Å². The number of allylic oxidation sites excluding steroid dienone is 1. The van der Waals surface area contributed by atoms with Crippen LogP contribution in [0, 0.1) is 11.7 Å². The molecule has 0 aliphatic rings. The van der Waals surface area contributed by atoms with Crippen molar-refractivity contribution in [2.75, 3.05) is 13.6 Å². The van der Waals surface area contributed by atoms with Crippen LogP contribution in [0.25, 0.3) is 6.08 Å². The highest BCUT2D eigenvalue weighted by Gasteiger charge is 2.06. The lowest BCUT2D eigenvalue weighted by atomic mass is 10.1. The Labute approximate surface area is 119 Å². The van der Waals surface area contributed by atoms with Gasteiger partial charge in [0.15, 0.2) is 5.78 Å². The van der Waals surface area contributed by atoms with E-state index in [2.05, 4.69) is 5.32 Å². The van der Waals surface area contributed by atoms with Crippen molar-refractivity contribution in [3.8, 4) is 5.75 Å². The summed E-state index contributed by atoms with van der Waals surface area (Å²) < 4.78 is 19.1. The zero-order valence-corrected chi connectivity index (χ0v) is 12.4. The van der Waals surface area contributed by atoms with Crippen LogP contribution in [-0.4, -0.2) is 25.5 Å². The number of hydrogen-bond donors (Lipinski definition) is 1. The lowest BCUT2D eigenvalue weighted by Gasteiger charge is -2.14. The zero-order valence-electron chi connectivity index (χ0n) is 12.4. The largest absolute Gasteiger partial charge is 0.489 e. The molecule has 0 aliphatic carbocycles. The number of halogens is 1. The average molecular weight is 279 g/mol. The number of ether oxygens (including phenoxy) is 1. The second kappa shape index (κ2) is 7.80. The molecule has 1 aromatic rings. The molecule has 0 unspecified atom stereocenters. The average Bonchev–Trinajstić information content (AvgIpc) is 2.35. The smallest absolute Gasteiger partial charge is 0.158 e. The predicted molar refractivity (Wildman–Crippen MR) is 79.3 cm³/mol. The van der Waals surface area contributed by atoms with Gasteiger partial charge in [0, 0.05) is 18.5 Å². The first-order chi connectivity index (χ1) is 9.42. The van der Waals surface area contributed by atoms with Crippen molar-refractivity contribution in [1.29, 1.82) is 0 Å². The van der Waals surface area contributed by atoms with E-state index in [1.807, 2.05) is 27.8 Å². The minimum atomic E-state index is -0.379. The Morgan fingerprint density at radius 1 is 1.35 bits per heavy atom. The van der Waals surface area contributed by atoms with Crippen LogP contribution in [0.2, 0.25) is 0 Å². The Bertz CT molecular complexity index is 483. The molecule has 1 N–H and O–H groups in total. The maximum Gasteiger partial charge on any atom is 0.158 e. The number of nitrogens with one attached hydrogen (secondary N) is 1. The van der Waals surface area contributed by atoms with Gasteiger partial charge in [0.1, 0.15) is 17.7 Å². The van der Waals surface area contributed by atoms with E-state index in [-0.39, 0.29) is 23.6 Å². The van der Waals surface area contributed by atoms with Gasteiger partial charge in [-0.3, -0.25) is 4.79 Å². The number of rotatable bonds is 7. The topological polar surface area (TPSA) is 38.3 Å². The monoisotopic (exact) mass is 279 g/mol. The predicted octanol–water partition coefficient (Wildman–Crippen LogP) is 3.05. The lowest BCUT2D eigenvalue weighted by Crippen LogP contribution is -2.26. The van der Waals surface area contributed by atoms with Gasteiger partial charge in [0.05, 0.1) is 0 Å². The number of ketones is 1. The van der Waals surface area contributed by atoms with E-state index in [0.29, 0.717) is 17.9 Å². The van der Waals surface area contributed by atoms with Crippen LogP contribution in [-0.2, 0) is 4.79 Å². The molecule has 1 aromatic carbocycles. The normalized spacial score (nSPS) is 12.9. The maximum absolute atomic E-state index is 13.5. The summed E-state index contributed by atoms with van der Waals surface area (Å²) in [5.41, 5.74) is 0.616. The quantitative estimate of drug-likeness (QED) is 0.780. The molecule has 0 amide bonds. The summed E-state index contributed by atoms with van der Waals surface area (Å²) in [6.07, 6.45) is 3.03. The molecular weight excluding hydrogens is 257 g/mol. The van der Waals surface area contributed by atoms with Crippen LogP contribution in [0.15, 0.2) is 24.3 Å². The van der Waals surface area contributed by atoms with Gasteiger partial charge in [-0.05, 0) is 37.7 Å². The van der Waals surface area contributed by atoms with Gasteiger partial charge in [-0.2, -0.15) is 0 Å². The Balaban J connectivity index is 2.83. The summed E-state index contributed by atoms with van der Waals surface area (Å²) in [6, 6.07) is 4.44. The second-order valence-electron chi connectivity index (χ2n) is 5.10. The summed E-state index contributed by atoms with van der Waals surface area (Å²) in [5.74, 6) is 0.0339. The molecule has 0 aromatic heterocycles. The minimum absolute atomic E-state index is 0.0141. The molecule has 4 heteroatoms. The highest BCUT2D eigenvalue weighted by Crippen LogP contribution is 2.19. The van der Waals surface area contributed by atoms with Crippen molar-refractivity contribution in [1.82, 2.24) is 5.32 Å². The number of hydrogen-bond acceptors (Lipinski definition) is 3. The molecule has 0 bridgehead atoms. The van der Waals surface area contributed by atoms with Crippen LogP contribution >= 0.6 is 0 Å². The molecule has 0 fully saturated rings. The van der Waals surface area contributed by atoms with Crippen LogP contribution in [0.4, 0.5) is 4.39 Å². The van der Waals surface area contributed by atoms with Gasteiger partial charge >= 0.3 is 0 Å². The van der Waals surface area contributed by atoms with Gasteiger partial charge in [-0.25, -0.2) is 4.39 Å². The highest BCUT2D eigenvalue weighted by molar-refractivity contribution is 5.94. The van der Waals surface area contributed by atoms with Crippen LogP contribution < -0.4 is 10.1 Å². The Morgan fingerprint density at radius 3 is 2.65 bits per heavy atom. The molecule has 0 heterocycles. The van der Waals surface area contributed by atoms with E-state index in [1.54, 1.807) is 12.1 Å². The molecule has 1 rings (SSSR count). The van der Waals surface area contributed by atoms with E-state index in [0.717, 1.165) is 0 Å². The summed E-state index contributed by atoms with van der Waals surface area (Å²) in [4.78, 5) is 11.5. The number of likely N-dealkylation sites (N-methyl/N-ethyl adjacent to an activating group) is 1. The molecular formula is C16H22FNO2. The van der Waals surface area contributed by atoms with Crippen LogP contribution in [0.1, 0.15) is 26.3 Å². The Hall–Kier alpha value is -1.68.